The van der Waals surface area contributed by atoms with Gasteiger partial charge in [0.05, 0.1) is 50.5 Å². The first-order chi connectivity index (χ1) is 35.2. The van der Waals surface area contributed by atoms with E-state index in [0.717, 1.165) is 49.2 Å². The summed E-state index contributed by atoms with van der Waals surface area (Å²) in [4.78, 5) is 25.1. The largest absolute Gasteiger partial charge is 3.00 e. The van der Waals surface area contributed by atoms with Crippen molar-refractivity contribution in [1.29, 1.82) is 0 Å². The molecule has 5 N–H and O–H groups in total. The number of sulfone groups is 2. The fourth-order valence-corrected chi connectivity index (χ4v) is 11.7. The molecule has 17 nitrogen and oxygen atoms in total. The molecule has 2 aliphatic rings. The van der Waals surface area contributed by atoms with Gasteiger partial charge in [0.15, 0.2) is 31.0 Å². The van der Waals surface area contributed by atoms with Gasteiger partial charge in [-0.25, -0.2) is 26.2 Å². The Kier molecular flexibility index (Phi) is 18.4. The molecule has 0 saturated heterocycles. The Hall–Kier alpha value is -6.11. The van der Waals surface area contributed by atoms with E-state index < -0.39 is 42.3 Å². The molecule has 2 aromatic heterocycles. The maximum atomic E-state index is 12.6. The minimum absolute atomic E-state index is 0. The number of benzene rings is 5. The van der Waals surface area contributed by atoms with Crippen molar-refractivity contribution in [3.8, 4) is 22.9 Å². The van der Waals surface area contributed by atoms with Crippen LogP contribution in [0.3, 0.4) is 0 Å². The molecule has 399 valence electrons. The van der Waals surface area contributed by atoms with Gasteiger partial charge < -0.3 is 15.9 Å². The Labute approximate surface area is 462 Å². The van der Waals surface area contributed by atoms with Crippen LogP contribution in [0.1, 0.15) is 87.4 Å². The number of aryl methyl sites for hydroxylation is 3. The van der Waals surface area contributed by atoms with Gasteiger partial charge in [0.2, 0.25) is 0 Å². The van der Waals surface area contributed by atoms with Crippen LogP contribution in [0.2, 0.25) is 10.0 Å². The van der Waals surface area contributed by atoms with Crippen LogP contribution in [-0.2, 0) is 48.9 Å². The van der Waals surface area contributed by atoms with Crippen molar-refractivity contribution in [2.45, 2.75) is 94.8 Å². The molecule has 1 fully saturated rings. The molecule has 2 aliphatic carbocycles. The van der Waals surface area contributed by atoms with Gasteiger partial charge in [-0.1, -0.05) is 111 Å². The molecule has 0 unspecified atom stereocenters. The molecule has 2 heterocycles. The van der Waals surface area contributed by atoms with E-state index in [1.54, 1.807) is 73.5 Å². The summed E-state index contributed by atoms with van der Waals surface area (Å²) in [7, 11) is -7.00. The summed E-state index contributed by atoms with van der Waals surface area (Å²) >= 11 is 11.9. The Bertz CT molecular complexity index is 3510. The number of rotatable bonds is 10. The smallest absolute Gasteiger partial charge is 0.871 e. The van der Waals surface area contributed by atoms with Crippen LogP contribution < -0.4 is 27.1 Å². The van der Waals surface area contributed by atoms with Crippen LogP contribution in [0.15, 0.2) is 143 Å². The van der Waals surface area contributed by atoms with Crippen LogP contribution >= 0.6 is 23.2 Å². The number of aromatic amines is 2. The van der Waals surface area contributed by atoms with E-state index in [4.69, 9.17) is 23.2 Å². The number of nitrogens with zero attached hydrogens (tertiary/aromatic N) is 6. The third kappa shape index (κ3) is 13.0. The first-order valence-electron chi connectivity index (χ1n) is 24.2. The first-order valence-corrected chi connectivity index (χ1v) is 28.7. The monoisotopic (exact) mass is 1150 g/mol. The quantitative estimate of drug-likeness (QED) is 0.111. The van der Waals surface area contributed by atoms with Crippen molar-refractivity contribution >= 4 is 65.6 Å². The predicted octanol–water partition coefficient (Wildman–Crippen LogP) is 10.1. The molecule has 1 saturated carbocycles. The maximum absolute atomic E-state index is 12.6. The molecule has 22 heteroatoms. The van der Waals surface area contributed by atoms with Gasteiger partial charge in [-0.15, -0.1) is 10.2 Å². The van der Waals surface area contributed by atoms with E-state index in [1.807, 2.05) is 0 Å². The molecule has 7 aromatic rings. The standard InChI is InChI=1S/C20H31N.2C17H15ClN4O4S.Cr/c1-14(2)15-6-8-17-16(12-15)7-9-18-19(3,13-21)10-5-11-20(17,18)4;2*1-10-16(17(24)22(21-10)12-5-3-4-11(18)8-12)20-19-14-9-13(27(2,25)26)6-7-15(14)23;/h6,8,12,14,18H,5,7,9-11,13,21H2,1-4H3;2*3-9,21,23H,1-2H3;/q;;;+3/p-1/t18-,19-,20+;;;/m0.../s1. The average molecular weight is 1150 g/mol. The van der Waals surface area contributed by atoms with Crippen molar-refractivity contribution in [3.63, 3.8) is 0 Å². The van der Waals surface area contributed by atoms with Gasteiger partial charge in [-0.05, 0) is 134 Å². The zero-order valence-corrected chi connectivity index (χ0v) is 47.8. The normalized spacial score (nSPS) is 18.3. The number of halogens is 2. The molecule has 1 radical (unpaired) electrons. The second kappa shape index (κ2) is 23.6. The third-order valence-corrected chi connectivity index (χ3v) is 16.9. The van der Waals surface area contributed by atoms with Gasteiger partial charge in [0.1, 0.15) is 0 Å². The molecule has 3 atom stereocenters. The molecule has 0 spiro atoms. The van der Waals surface area contributed by atoms with E-state index in [9.17, 15) is 36.6 Å². The van der Waals surface area contributed by atoms with Crippen LogP contribution in [0.25, 0.3) is 11.4 Å². The number of quaternary nitrogens is 1. The van der Waals surface area contributed by atoms with Crippen molar-refractivity contribution in [2.75, 3.05) is 19.1 Å². The Morgan fingerprint density at radius 3 is 1.59 bits per heavy atom. The number of H-pyrrole nitrogens is 2. The fourth-order valence-electron chi connectivity index (χ4n) is 10.0. The van der Waals surface area contributed by atoms with Crippen molar-refractivity contribution in [1.82, 2.24) is 19.6 Å². The summed E-state index contributed by atoms with van der Waals surface area (Å²) in [5.41, 5.74) is 10.5. The Balaban J connectivity index is 0.000000185. The molecule has 9 rings (SSSR count). The summed E-state index contributed by atoms with van der Waals surface area (Å²) in [5, 5.41) is 45.7. The summed E-state index contributed by atoms with van der Waals surface area (Å²) in [6.45, 7) is 14.0. The van der Waals surface area contributed by atoms with E-state index in [2.05, 4.69) is 82.3 Å². The summed E-state index contributed by atoms with van der Waals surface area (Å²) in [5.74, 6) is 0.440. The van der Waals surface area contributed by atoms with Crippen molar-refractivity contribution in [3.05, 3.63) is 162 Å². The van der Waals surface area contributed by atoms with Crippen LogP contribution in [-0.4, -0.2) is 55.5 Å². The van der Waals surface area contributed by atoms with Crippen molar-refractivity contribution in [2.24, 2.45) is 31.8 Å². The Morgan fingerprint density at radius 2 is 1.17 bits per heavy atom. The average Bonchev–Trinajstić information content (AvgIpc) is 3.81. The van der Waals surface area contributed by atoms with Crippen LogP contribution in [0.5, 0.6) is 11.5 Å². The number of azo groups is 2. The zero-order chi connectivity index (χ0) is 54.8. The first kappa shape index (κ1) is 59.1. The van der Waals surface area contributed by atoms with Crippen molar-refractivity contribution < 1.29 is 50.1 Å². The minimum Gasteiger partial charge on any atom is -0.871 e. The van der Waals surface area contributed by atoms with Gasteiger partial charge in [0, 0.05) is 28.0 Å². The van der Waals surface area contributed by atoms with Gasteiger partial charge >= 0.3 is 17.4 Å². The zero-order valence-electron chi connectivity index (χ0n) is 43.3. The van der Waals surface area contributed by atoms with E-state index >= 15 is 0 Å². The van der Waals surface area contributed by atoms with Gasteiger partial charge in [0.25, 0.3) is 11.1 Å². The molecule has 76 heavy (non-hydrogen) atoms. The van der Waals surface area contributed by atoms with E-state index in [1.165, 1.54) is 59.2 Å². The maximum Gasteiger partial charge on any atom is 3.00 e. The molecule has 0 amide bonds. The topological polar surface area (TPSA) is 267 Å². The molecule has 0 bridgehead atoms. The third-order valence-electron chi connectivity index (χ3n) is 14.2. The van der Waals surface area contributed by atoms with Crippen LogP contribution in [0.4, 0.5) is 22.7 Å². The number of hydrogen-bond acceptors (Lipinski definition) is 12. The van der Waals surface area contributed by atoms with E-state index in [-0.39, 0.29) is 49.9 Å². The fraction of sp³-hybridized carbons (Fsp3) is 0.333. The second-order valence-electron chi connectivity index (χ2n) is 20.0. The predicted molar refractivity (Wildman–Crippen MR) is 288 cm³/mol. The summed E-state index contributed by atoms with van der Waals surface area (Å²) < 4.78 is 49.0. The molecule has 5 aromatic carbocycles. The number of fused-ring (bicyclic) bond motifs is 3. The SMILES string of the molecule is CC(C)c1ccc2c(c1)CC[C@H]1[C@](C)(C[NH3+])CCC[C@]21C.Cc1[nH]n(-c2cccc(Cl)c2)c(=O)c1N=Nc1cc(S(C)(=O)=O)ccc1[O-].Cc1[nH]n(-c2cccc(Cl)c2)c(=O)c1N=Nc1cc(S(C)(=O)=O)ccc1[O-].[Cr+3]. The van der Waals surface area contributed by atoms with Gasteiger partial charge in [-0.2, -0.15) is 10.2 Å². The molecule has 0 aliphatic heterocycles. The summed E-state index contributed by atoms with van der Waals surface area (Å²) in [6.07, 6.45) is 8.77. The minimum atomic E-state index is -3.50. The molecular formula is C54H60Cl2CrN9O8S2+2. The number of aromatic nitrogens is 4. The second-order valence-corrected chi connectivity index (χ2v) is 24.9. The Morgan fingerprint density at radius 1 is 0.697 bits per heavy atom. The number of nitrogens with one attached hydrogen (secondary N) is 2. The molecular weight excluding hydrogens is 1090 g/mol. The van der Waals surface area contributed by atoms with Gasteiger partial charge in [-0.3, -0.25) is 19.8 Å². The van der Waals surface area contributed by atoms with Crippen LogP contribution in [0, 0.1) is 25.2 Å². The summed E-state index contributed by atoms with van der Waals surface area (Å²) in [6, 6.07) is 27.5. The number of hydrogen-bond donors (Lipinski definition) is 3. The van der Waals surface area contributed by atoms with E-state index in [0.29, 0.717) is 49.6 Å².